The second-order valence-electron chi connectivity index (χ2n) is 3.94. The molecule has 0 aromatic carbocycles. The van der Waals surface area contributed by atoms with Gasteiger partial charge in [-0.3, -0.25) is 0 Å². The first-order valence-corrected chi connectivity index (χ1v) is 5.01. The van der Waals surface area contributed by atoms with Gasteiger partial charge in [0.25, 0.3) is 0 Å². The van der Waals surface area contributed by atoms with Crippen LogP contribution in [0.4, 0.5) is 0 Å². The zero-order valence-electron chi connectivity index (χ0n) is 8.64. The van der Waals surface area contributed by atoms with Crippen molar-refractivity contribution in [1.82, 2.24) is 5.32 Å². The van der Waals surface area contributed by atoms with Crippen LogP contribution in [0.1, 0.15) is 40.0 Å². The molecule has 2 nitrogen and oxygen atoms in total. The smallest absolute Gasteiger partial charge is 0.0636 e. The van der Waals surface area contributed by atoms with Crippen molar-refractivity contribution in [2.75, 3.05) is 13.1 Å². The van der Waals surface area contributed by atoms with Crippen LogP contribution in [0.5, 0.6) is 0 Å². The molecule has 0 amide bonds. The van der Waals surface area contributed by atoms with Crippen molar-refractivity contribution in [3.05, 3.63) is 0 Å². The first kappa shape index (κ1) is 11.9. The fourth-order valence-corrected chi connectivity index (χ4v) is 1.11. The number of aliphatic hydroxyl groups excluding tert-OH is 1. The van der Waals surface area contributed by atoms with Crippen molar-refractivity contribution >= 4 is 0 Å². The molecule has 2 N–H and O–H groups in total. The summed E-state index contributed by atoms with van der Waals surface area (Å²) < 4.78 is 0. The predicted octanol–water partition coefficient (Wildman–Crippen LogP) is 1.78. The number of unbranched alkanes of at least 4 members (excludes halogenated alkanes) is 1. The van der Waals surface area contributed by atoms with Gasteiger partial charge in [-0.1, -0.05) is 26.7 Å². The molecule has 74 valence electrons. The van der Waals surface area contributed by atoms with Gasteiger partial charge >= 0.3 is 0 Å². The molecule has 0 saturated heterocycles. The van der Waals surface area contributed by atoms with E-state index in [4.69, 9.17) is 5.11 Å². The molecule has 1 atom stereocenters. The summed E-state index contributed by atoms with van der Waals surface area (Å²) >= 11 is 0. The summed E-state index contributed by atoms with van der Waals surface area (Å²) in [7, 11) is 0. The Labute approximate surface area is 76.4 Å². The molecule has 12 heavy (non-hydrogen) atoms. The fourth-order valence-electron chi connectivity index (χ4n) is 1.11. The largest absolute Gasteiger partial charge is 0.392 e. The average molecular weight is 173 g/mol. The van der Waals surface area contributed by atoms with Crippen LogP contribution in [0, 0.1) is 5.92 Å². The molecule has 0 aliphatic carbocycles. The normalized spacial score (nSPS) is 13.8. The summed E-state index contributed by atoms with van der Waals surface area (Å²) in [6, 6.07) is 0. The quantitative estimate of drug-likeness (QED) is 0.575. The van der Waals surface area contributed by atoms with E-state index in [1.54, 1.807) is 6.92 Å². The van der Waals surface area contributed by atoms with E-state index >= 15 is 0 Å². The fraction of sp³-hybridized carbons (Fsp3) is 1.00. The molecule has 0 aromatic heterocycles. The van der Waals surface area contributed by atoms with E-state index in [1.807, 2.05) is 0 Å². The van der Waals surface area contributed by atoms with E-state index in [-0.39, 0.29) is 6.10 Å². The standard InChI is InChI=1S/C10H23NO/c1-9(2)6-4-5-7-11-8-10(3)12/h9-12H,4-8H2,1-3H3. The van der Waals surface area contributed by atoms with Gasteiger partial charge in [0.15, 0.2) is 0 Å². The maximum Gasteiger partial charge on any atom is 0.0636 e. The lowest BCUT2D eigenvalue weighted by Crippen LogP contribution is -2.25. The van der Waals surface area contributed by atoms with Crippen LogP contribution in [0.25, 0.3) is 0 Å². The minimum absolute atomic E-state index is 0.213. The Balaban J connectivity index is 2.91. The molecule has 1 unspecified atom stereocenters. The van der Waals surface area contributed by atoms with Crippen LogP contribution >= 0.6 is 0 Å². The average Bonchev–Trinajstić information content (AvgIpc) is 1.95. The minimum Gasteiger partial charge on any atom is -0.392 e. The van der Waals surface area contributed by atoms with Gasteiger partial charge in [-0.25, -0.2) is 0 Å². The second kappa shape index (κ2) is 7.56. The van der Waals surface area contributed by atoms with Crippen molar-refractivity contribution in [3.8, 4) is 0 Å². The Bertz CT molecular complexity index is 79.8. The molecular weight excluding hydrogens is 150 g/mol. The lowest BCUT2D eigenvalue weighted by Gasteiger charge is -2.07. The Morgan fingerprint density at radius 3 is 2.33 bits per heavy atom. The van der Waals surface area contributed by atoms with Crippen LogP contribution in [-0.2, 0) is 0 Å². The first-order chi connectivity index (χ1) is 5.63. The van der Waals surface area contributed by atoms with Crippen LogP contribution in [0.2, 0.25) is 0 Å². The molecule has 2 heteroatoms. The highest BCUT2D eigenvalue weighted by Crippen LogP contribution is 2.04. The van der Waals surface area contributed by atoms with E-state index in [0.717, 1.165) is 19.0 Å². The van der Waals surface area contributed by atoms with Gasteiger partial charge in [-0.2, -0.15) is 0 Å². The molecular formula is C10H23NO. The topological polar surface area (TPSA) is 32.3 Å². The lowest BCUT2D eigenvalue weighted by molar-refractivity contribution is 0.191. The SMILES string of the molecule is CC(C)CCCCNCC(C)O. The highest BCUT2D eigenvalue weighted by atomic mass is 16.3. The van der Waals surface area contributed by atoms with Gasteiger partial charge in [0.05, 0.1) is 6.10 Å². The minimum atomic E-state index is -0.213. The van der Waals surface area contributed by atoms with Gasteiger partial charge in [-0.15, -0.1) is 0 Å². The Morgan fingerprint density at radius 2 is 1.83 bits per heavy atom. The molecule has 0 spiro atoms. The maximum atomic E-state index is 8.93. The first-order valence-electron chi connectivity index (χ1n) is 5.01. The molecule has 0 aliphatic heterocycles. The van der Waals surface area contributed by atoms with Crippen LogP contribution in [-0.4, -0.2) is 24.3 Å². The molecule has 0 heterocycles. The van der Waals surface area contributed by atoms with Crippen molar-refractivity contribution in [2.45, 2.75) is 46.1 Å². The summed E-state index contributed by atoms with van der Waals surface area (Å²) in [4.78, 5) is 0. The third kappa shape index (κ3) is 9.92. The summed E-state index contributed by atoms with van der Waals surface area (Å²) in [6.07, 6.45) is 3.63. The Morgan fingerprint density at radius 1 is 1.17 bits per heavy atom. The molecule has 0 bridgehead atoms. The summed E-state index contributed by atoms with van der Waals surface area (Å²) in [6.45, 7) is 8.08. The molecule has 0 aromatic rings. The molecule has 0 radical (unpaired) electrons. The number of hydrogen-bond acceptors (Lipinski definition) is 2. The van der Waals surface area contributed by atoms with E-state index < -0.39 is 0 Å². The van der Waals surface area contributed by atoms with Crippen LogP contribution in [0.15, 0.2) is 0 Å². The third-order valence-corrected chi connectivity index (χ3v) is 1.82. The van der Waals surface area contributed by atoms with Gasteiger partial charge < -0.3 is 10.4 Å². The van der Waals surface area contributed by atoms with Crippen LogP contribution in [0.3, 0.4) is 0 Å². The van der Waals surface area contributed by atoms with Crippen LogP contribution < -0.4 is 5.32 Å². The van der Waals surface area contributed by atoms with E-state index in [2.05, 4.69) is 19.2 Å². The number of rotatable bonds is 7. The van der Waals surface area contributed by atoms with E-state index in [9.17, 15) is 0 Å². The number of nitrogens with one attached hydrogen (secondary N) is 1. The van der Waals surface area contributed by atoms with Crippen molar-refractivity contribution in [1.29, 1.82) is 0 Å². The van der Waals surface area contributed by atoms with Crippen molar-refractivity contribution in [3.63, 3.8) is 0 Å². The maximum absolute atomic E-state index is 8.93. The molecule has 0 aliphatic rings. The summed E-state index contributed by atoms with van der Waals surface area (Å²) in [5.74, 6) is 0.821. The van der Waals surface area contributed by atoms with E-state index in [1.165, 1.54) is 19.3 Å². The predicted molar refractivity (Wildman–Crippen MR) is 53.2 cm³/mol. The third-order valence-electron chi connectivity index (χ3n) is 1.82. The van der Waals surface area contributed by atoms with Gasteiger partial charge in [0.2, 0.25) is 0 Å². The van der Waals surface area contributed by atoms with Crippen molar-refractivity contribution < 1.29 is 5.11 Å². The Kier molecular flexibility index (Phi) is 7.51. The highest BCUT2D eigenvalue weighted by Gasteiger charge is 1.95. The van der Waals surface area contributed by atoms with Gasteiger partial charge in [-0.05, 0) is 25.8 Å². The lowest BCUT2D eigenvalue weighted by atomic mass is 10.1. The number of aliphatic hydroxyl groups is 1. The Hall–Kier alpha value is -0.0800. The molecule has 0 saturated carbocycles. The van der Waals surface area contributed by atoms with Crippen molar-refractivity contribution in [2.24, 2.45) is 5.92 Å². The summed E-state index contributed by atoms with van der Waals surface area (Å²) in [5, 5.41) is 12.1. The zero-order chi connectivity index (χ0) is 9.40. The number of hydrogen-bond donors (Lipinski definition) is 2. The van der Waals surface area contributed by atoms with Gasteiger partial charge in [0.1, 0.15) is 0 Å². The summed E-state index contributed by atoms with van der Waals surface area (Å²) in [5.41, 5.74) is 0. The second-order valence-corrected chi connectivity index (χ2v) is 3.94. The zero-order valence-corrected chi connectivity index (χ0v) is 8.64. The monoisotopic (exact) mass is 173 g/mol. The molecule has 0 rings (SSSR count). The highest BCUT2D eigenvalue weighted by molar-refractivity contribution is 4.53. The molecule has 0 fully saturated rings. The van der Waals surface area contributed by atoms with E-state index in [0.29, 0.717) is 0 Å². The van der Waals surface area contributed by atoms with Gasteiger partial charge in [0, 0.05) is 6.54 Å².